The number of carbonyl (C=O) groups is 1. The maximum Gasteiger partial charge on any atom is 0.422 e. The van der Waals surface area contributed by atoms with Gasteiger partial charge in [-0.15, -0.1) is 11.3 Å². The normalized spacial score (nSPS) is 11.5. The predicted molar refractivity (Wildman–Crippen MR) is 116 cm³/mol. The van der Waals surface area contributed by atoms with E-state index in [-0.39, 0.29) is 5.56 Å². The molecule has 0 atom stereocenters. The van der Waals surface area contributed by atoms with Crippen molar-refractivity contribution in [2.75, 3.05) is 5.32 Å². The Balaban J connectivity index is 1.65. The van der Waals surface area contributed by atoms with E-state index >= 15 is 0 Å². The number of alkyl halides is 3. The average molecular weight is 457 g/mol. The number of para-hydroxylation sites is 1. The van der Waals surface area contributed by atoms with Gasteiger partial charge in [-0.1, -0.05) is 24.3 Å². The predicted octanol–water partition coefficient (Wildman–Crippen LogP) is 6.45. The van der Waals surface area contributed by atoms with Crippen LogP contribution in [0, 0.1) is 17.0 Å². The van der Waals surface area contributed by atoms with Crippen LogP contribution >= 0.6 is 11.3 Å². The zero-order valence-electron chi connectivity index (χ0n) is 16.4. The molecule has 4 rings (SSSR count). The molecule has 0 saturated heterocycles. The maximum absolute atomic E-state index is 13.0. The molecule has 10 heteroatoms. The topological polar surface area (TPSA) is 85.1 Å². The van der Waals surface area contributed by atoms with Gasteiger partial charge in [0.05, 0.1) is 15.1 Å². The number of aromatic nitrogens is 1. The van der Waals surface area contributed by atoms with Gasteiger partial charge in [-0.3, -0.25) is 14.9 Å². The summed E-state index contributed by atoms with van der Waals surface area (Å²) in [5.74, 6) is -0.758. The molecule has 3 aromatic carbocycles. The molecule has 1 aromatic heterocycles. The number of rotatable bonds is 4. The van der Waals surface area contributed by atoms with E-state index in [1.165, 1.54) is 11.3 Å². The number of fused-ring (bicyclic) bond motifs is 1. The zero-order valence-corrected chi connectivity index (χ0v) is 17.3. The third-order valence-electron chi connectivity index (χ3n) is 4.79. The molecule has 0 fully saturated rings. The summed E-state index contributed by atoms with van der Waals surface area (Å²) in [4.78, 5) is 27.2. The second kappa shape index (κ2) is 8.04. The molecular weight excluding hydrogens is 443 g/mol. The van der Waals surface area contributed by atoms with Crippen molar-refractivity contribution in [3.63, 3.8) is 0 Å². The Labute approximate surface area is 183 Å². The Kier molecular flexibility index (Phi) is 5.39. The molecule has 32 heavy (non-hydrogen) atoms. The van der Waals surface area contributed by atoms with E-state index in [0.29, 0.717) is 23.4 Å². The quantitative estimate of drug-likeness (QED) is 0.282. The van der Waals surface area contributed by atoms with Crippen LogP contribution in [0.2, 0.25) is 0 Å². The number of hydrogen-bond donors (Lipinski definition) is 1. The lowest BCUT2D eigenvalue weighted by Gasteiger charge is -2.11. The smallest absolute Gasteiger partial charge is 0.322 e. The van der Waals surface area contributed by atoms with Crippen molar-refractivity contribution in [1.82, 2.24) is 4.98 Å². The first-order valence-electron chi connectivity index (χ1n) is 9.27. The standard InChI is InChI=1S/C22H14F3N3O3S/c1-12-6-7-14(21-27-16-4-2-3-5-19(16)32-21)10-17(12)26-20(29)13-8-9-15(22(23,24)25)18(11-13)28(30)31/h2-11H,1H3,(H,26,29). The van der Waals surface area contributed by atoms with Crippen molar-refractivity contribution in [1.29, 1.82) is 0 Å². The highest BCUT2D eigenvalue weighted by molar-refractivity contribution is 7.21. The van der Waals surface area contributed by atoms with Crippen molar-refractivity contribution in [3.8, 4) is 10.6 Å². The zero-order chi connectivity index (χ0) is 23.0. The molecule has 0 aliphatic heterocycles. The molecule has 1 N–H and O–H groups in total. The van der Waals surface area contributed by atoms with Gasteiger partial charge in [0.1, 0.15) is 10.6 Å². The summed E-state index contributed by atoms with van der Waals surface area (Å²) >= 11 is 1.48. The highest BCUT2D eigenvalue weighted by Gasteiger charge is 2.38. The first kappa shape index (κ1) is 21.4. The van der Waals surface area contributed by atoms with Gasteiger partial charge in [-0.2, -0.15) is 13.2 Å². The number of hydrogen-bond acceptors (Lipinski definition) is 5. The molecule has 6 nitrogen and oxygen atoms in total. The van der Waals surface area contributed by atoms with Crippen molar-refractivity contribution < 1.29 is 22.9 Å². The Morgan fingerprint density at radius 2 is 1.84 bits per heavy atom. The van der Waals surface area contributed by atoms with Gasteiger partial charge in [0.2, 0.25) is 0 Å². The fourth-order valence-corrected chi connectivity index (χ4v) is 4.11. The number of benzene rings is 3. The Hall–Kier alpha value is -3.79. The van der Waals surface area contributed by atoms with Gasteiger partial charge in [0.25, 0.3) is 11.6 Å². The van der Waals surface area contributed by atoms with Crippen molar-refractivity contribution in [2.24, 2.45) is 0 Å². The lowest BCUT2D eigenvalue weighted by molar-refractivity contribution is -0.388. The third-order valence-corrected chi connectivity index (χ3v) is 5.87. The largest absolute Gasteiger partial charge is 0.422 e. The fourth-order valence-electron chi connectivity index (χ4n) is 3.14. The molecule has 162 valence electrons. The minimum Gasteiger partial charge on any atom is -0.322 e. The molecule has 0 aliphatic rings. The number of nitrogens with zero attached hydrogens (tertiary/aromatic N) is 2. The molecule has 0 saturated carbocycles. The van der Waals surface area contributed by atoms with Crippen LogP contribution in [-0.4, -0.2) is 15.8 Å². The molecule has 0 spiro atoms. The molecule has 0 radical (unpaired) electrons. The Morgan fingerprint density at radius 1 is 1.09 bits per heavy atom. The molecule has 0 aliphatic carbocycles. The van der Waals surface area contributed by atoms with Crippen LogP contribution in [0.5, 0.6) is 0 Å². The van der Waals surface area contributed by atoms with Crippen molar-refractivity contribution >= 4 is 38.8 Å². The number of halogens is 3. The maximum atomic E-state index is 13.0. The van der Waals surface area contributed by atoms with Crippen LogP contribution in [0.15, 0.2) is 60.7 Å². The minimum atomic E-state index is -4.90. The highest BCUT2D eigenvalue weighted by Crippen LogP contribution is 2.37. The molecule has 0 unspecified atom stereocenters. The van der Waals surface area contributed by atoms with Crippen LogP contribution in [0.3, 0.4) is 0 Å². The second-order valence-electron chi connectivity index (χ2n) is 6.96. The van der Waals surface area contributed by atoms with E-state index in [2.05, 4.69) is 10.3 Å². The van der Waals surface area contributed by atoms with Gasteiger partial charge in [0.15, 0.2) is 0 Å². The van der Waals surface area contributed by atoms with Crippen LogP contribution in [-0.2, 0) is 6.18 Å². The number of carbonyl (C=O) groups excluding carboxylic acids is 1. The summed E-state index contributed by atoms with van der Waals surface area (Å²) in [6.07, 6.45) is -4.90. The van der Waals surface area contributed by atoms with E-state index in [9.17, 15) is 28.1 Å². The van der Waals surface area contributed by atoms with Gasteiger partial charge in [-0.05, 0) is 42.8 Å². The minimum absolute atomic E-state index is 0.255. The lowest BCUT2D eigenvalue weighted by atomic mass is 10.1. The van der Waals surface area contributed by atoms with Crippen molar-refractivity contribution in [2.45, 2.75) is 13.1 Å². The van der Waals surface area contributed by atoms with Gasteiger partial charge in [-0.25, -0.2) is 4.98 Å². The van der Waals surface area contributed by atoms with Gasteiger partial charge >= 0.3 is 6.18 Å². The van der Waals surface area contributed by atoms with E-state index in [4.69, 9.17) is 0 Å². The van der Waals surface area contributed by atoms with E-state index in [1.54, 1.807) is 19.1 Å². The number of nitrogens with one attached hydrogen (secondary N) is 1. The van der Waals surface area contributed by atoms with E-state index < -0.39 is 28.3 Å². The number of nitro benzene ring substituents is 1. The first-order valence-corrected chi connectivity index (χ1v) is 10.1. The number of anilines is 1. The first-order chi connectivity index (χ1) is 15.1. The summed E-state index contributed by atoms with van der Waals surface area (Å²) in [5.41, 5.74) is -0.104. The summed E-state index contributed by atoms with van der Waals surface area (Å²) in [7, 11) is 0. The Bertz CT molecular complexity index is 1330. The molecule has 4 aromatic rings. The van der Waals surface area contributed by atoms with Crippen LogP contribution in [0.25, 0.3) is 20.8 Å². The van der Waals surface area contributed by atoms with E-state index in [0.717, 1.165) is 26.9 Å². The SMILES string of the molecule is Cc1ccc(-c2nc3ccccc3s2)cc1NC(=O)c1ccc(C(F)(F)F)c([N+](=O)[O-])c1. The number of aryl methyl sites for hydroxylation is 1. The number of nitro groups is 1. The van der Waals surface area contributed by atoms with Crippen LogP contribution in [0.4, 0.5) is 24.5 Å². The Morgan fingerprint density at radius 3 is 2.53 bits per heavy atom. The summed E-state index contributed by atoms with van der Waals surface area (Å²) in [6, 6.07) is 15.1. The third kappa shape index (κ3) is 4.17. The molecule has 1 amide bonds. The summed E-state index contributed by atoms with van der Waals surface area (Å²) in [6.45, 7) is 1.76. The van der Waals surface area contributed by atoms with Gasteiger partial charge < -0.3 is 5.32 Å². The second-order valence-corrected chi connectivity index (χ2v) is 7.99. The molecule has 0 bridgehead atoms. The van der Waals surface area contributed by atoms with Crippen molar-refractivity contribution in [3.05, 3.63) is 87.5 Å². The number of thiazole rings is 1. The van der Waals surface area contributed by atoms with Gasteiger partial charge in [0, 0.05) is 22.9 Å². The summed E-state index contributed by atoms with van der Waals surface area (Å²) < 4.78 is 40.0. The summed E-state index contributed by atoms with van der Waals surface area (Å²) in [5, 5.41) is 14.5. The lowest BCUT2D eigenvalue weighted by Crippen LogP contribution is -2.15. The highest BCUT2D eigenvalue weighted by atomic mass is 32.1. The van der Waals surface area contributed by atoms with Crippen LogP contribution < -0.4 is 5.32 Å². The molecular formula is C22H14F3N3O3S. The van der Waals surface area contributed by atoms with E-state index in [1.807, 2.05) is 30.3 Å². The number of amides is 1. The average Bonchev–Trinajstić information content (AvgIpc) is 3.18. The molecule has 1 heterocycles. The fraction of sp³-hybridized carbons (Fsp3) is 0.0909. The van der Waals surface area contributed by atoms with Crippen LogP contribution in [0.1, 0.15) is 21.5 Å². The monoisotopic (exact) mass is 457 g/mol.